The second-order valence-electron chi connectivity index (χ2n) is 2.36. The maximum Gasteiger partial charge on any atom is 0.538 e. The highest BCUT2D eigenvalue weighted by Crippen LogP contribution is 2.17. The Labute approximate surface area is 74.5 Å². The van der Waals surface area contributed by atoms with Crippen LogP contribution in [0.5, 0.6) is 0 Å². The van der Waals surface area contributed by atoms with E-state index >= 15 is 0 Å². The van der Waals surface area contributed by atoms with E-state index in [2.05, 4.69) is 9.32 Å². The van der Waals surface area contributed by atoms with Crippen LogP contribution in [0.2, 0.25) is 0 Å². The van der Waals surface area contributed by atoms with Gasteiger partial charge in [0.25, 0.3) is 0 Å². The number of alkyl halides is 3. The summed E-state index contributed by atoms with van der Waals surface area (Å²) in [6.45, 7) is 0. The summed E-state index contributed by atoms with van der Waals surface area (Å²) >= 11 is 0. The first-order chi connectivity index (χ1) is 5.44. The average Bonchev–Trinajstić information content (AvgIpc) is 1.47. The molecule has 2 N–H and O–H groups in total. The Hall–Kier alpha value is -0.380. The van der Waals surface area contributed by atoms with Crippen LogP contribution in [-0.2, 0) is 14.5 Å². The van der Waals surface area contributed by atoms with Gasteiger partial charge in [0.05, 0.1) is 0 Å². The highest BCUT2D eigenvalue weighted by Gasteiger charge is 2.35. The summed E-state index contributed by atoms with van der Waals surface area (Å²) in [5.41, 5.74) is 0. The van der Waals surface area contributed by atoms with Crippen molar-refractivity contribution in [3.05, 3.63) is 0 Å². The second kappa shape index (κ2) is 5.37. The van der Waals surface area contributed by atoms with Gasteiger partial charge < -0.3 is 4.90 Å². The third-order valence-electron chi connectivity index (χ3n) is 0.211. The normalized spacial score (nSPS) is 12.3. The maximum atomic E-state index is 10.9. The van der Waals surface area contributed by atoms with E-state index < -0.39 is 16.7 Å². The molecule has 0 heterocycles. The zero-order chi connectivity index (χ0) is 11.3. The number of rotatable bonds is 1. The Bertz CT molecular complexity index is 221. The van der Waals surface area contributed by atoms with Crippen molar-refractivity contribution in [3.63, 3.8) is 0 Å². The van der Waals surface area contributed by atoms with Crippen LogP contribution in [0, 0.1) is 0 Å². The fourth-order valence-electron chi connectivity index (χ4n) is 0.132. The van der Waals surface area contributed by atoms with Crippen LogP contribution >= 0.6 is 0 Å². The molecule has 0 atom stereocenters. The summed E-state index contributed by atoms with van der Waals surface area (Å²) in [6.07, 6.45) is -5.23. The molecule has 0 aliphatic heterocycles. The molecule has 0 aliphatic rings. The van der Waals surface area contributed by atoms with Crippen LogP contribution in [0.15, 0.2) is 0 Å². The van der Waals surface area contributed by atoms with E-state index in [9.17, 15) is 21.6 Å². The van der Waals surface area contributed by atoms with Crippen molar-refractivity contribution in [1.82, 2.24) is 4.90 Å². The predicted molar refractivity (Wildman–Crippen MR) is 39.9 cm³/mol. The van der Waals surface area contributed by atoms with E-state index in [0.717, 1.165) is 0 Å². The van der Waals surface area contributed by atoms with E-state index in [1.165, 1.54) is 0 Å². The number of hydrogen-bond acceptors (Lipinski definition) is 4. The zero-order valence-electron chi connectivity index (χ0n) is 7.29. The molecule has 0 amide bonds. The third kappa shape index (κ3) is 34.0. The van der Waals surface area contributed by atoms with Crippen LogP contribution in [0.1, 0.15) is 0 Å². The van der Waals surface area contributed by atoms with Gasteiger partial charge in [0.2, 0.25) is 0 Å². The molecule has 0 aromatic heterocycles. The molecule has 5 nitrogen and oxygen atoms in total. The van der Waals surface area contributed by atoms with E-state index in [4.69, 9.17) is 0 Å². The van der Waals surface area contributed by atoms with Crippen molar-refractivity contribution in [3.8, 4) is 0 Å². The Balaban J connectivity index is 0. The van der Waals surface area contributed by atoms with Crippen molar-refractivity contribution in [1.29, 1.82) is 0 Å². The molecule has 0 bridgehead atoms. The molecule has 13 heavy (non-hydrogen) atoms. The Morgan fingerprint density at radius 1 is 1.23 bits per heavy atom. The number of nitrogens with zero attached hydrogens (tertiary/aromatic N) is 1. The highest BCUT2D eigenvalue weighted by atomic mass is 32.2. The molecule has 0 unspecified atom stereocenters. The molecule has 0 aromatic rings. The summed E-state index contributed by atoms with van der Waals surface area (Å²) < 4.78 is 54.0. The van der Waals surface area contributed by atoms with Gasteiger partial charge in [0.15, 0.2) is 0 Å². The van der Waals surface area contributed by atoms with Crippen LogP contribution < -0.4 is 5.14 Å². The fourth-order valence-corrected chi connectivity index (χ4v) is 0.395. The summed E-state index contributed by atoms with van der Waals surface area (Å²) in [5, 5.41) is 3.85. The SMILES string of the molecule is CN(C)C.NS(=O)(=O)OC(F)(F)F. The molecule has 0 radical (unpaired) electrons. The standard InChI is InChI=1S/C3H9N.CH2F3NO3S/c1-4(2)3;2-1(3,4)8-9(5,6)7/h1-3H3;(H2,5,6,7). The minimum absolute atomic E-state index is 2.00. The van der Waals surface area contributed by atoms with Gasteiger partial charge in [-0.25, -0.2) is 5.14 Å². The first kappa shape index (κ1) is 15.1. The monoisotopic (exact) mass is 224 g/mol. The number of nitrogens with two attached hydrogens (primary N) is 1. The lowest BCUT2D eigenvalue weighted by Gasteiger charge is -2.01. The Morgan fingerprint density at radius 2 is 1.46 bits per heavy atom. The summed E-state index contributed by atoms with van der Waals surface area (Å²) in [5.74, 6) is 0. The van der Waals surface area contributed by atoms with Gasteiger partial charge in [-0.1, -0.05) is 0 Å². The number of hydrogen-bond donors (Lipinski definition) is 1. The lowest BCUT2D eigenvalue weighted by atomic mass is 11.0. The van der Waals surface area contributed by atoms with Crippen LogP contribution in [0.4, 0.5) is 13.2 Å². The molecule has 0 saturated heterocycles. The molecular formula is C4H11F3N2O3S. The predicted octanol–water partition coefficient (Wildman–Crippen LogP) is -0.0959. The summed E-state index contributed by atoms with van der Waals surface area (Å²) in [7, 11) is 1.09. The largest absolute Gasteiger partial charge is 0.538 e. The Kier molecular flexibility index (Phi) is 6.24. The molecule has 0 aliphatic carbocycles. The molecule has 0 fully saturated rings. The van der Waals surface area contributed by atoms with Crippen molar-refractivity contribution in [2.45, 2.75) is 6.36 Å². The first-order valence-electron chi connectivity index (χ1n) is 2.85. The van der Waals surface area contributed by atoms with Gasteiger partial charge in [0.1, 0.15) is 0 Å². The van der Waals surface area contributed by atoms with Crippen molar-refractivity contribution >= 4 is 10.3 Å². The molecule has 82 valence electrons. The highest BCUT2D eigenvalue weighted by molar-refractivity contribution is 7.84. The smallest absolute Gasteiger partial charge is 0.312 e. The maximum absolute atomic E-state index is 10.9. The summed E-state index contributed by atoms with van der Waals surface area (Å²) in [4.78, 5) is 2.00. The van der Waals surface area contributed by atoms with Gasteiger partial charge in [-0.3, -0.25) is 0 Å². The van der Waals surface area contributed by atoms with Crippen molar-refractivity contribution < 1.29 is 25.8 Å². The Morgan fingerprint density at radius 3 is 1.46 bits per heavy atom. The number of halogens is 3. The molecular weight excluding hydrogens is 213 g/mol. The van der Waals surface area contributed by atoms with E-state index in [-0.39, 0.29) is 0 Å². The average molecular weight is 224 g/mol. The molecule has 0 spiro atoms. The van der Waals surface area contributed by atoms with Crippen LogP contribution in [0.25, 0.3) is 0 Å². The quantitative estimate of drug-likeness (QED) is 0.675. The lowest BCUT2D eigenvalue weighted by Crippen LogP contribution is -2.25. The van der Waals surface area contributed by atoms with Gasteiger partial charge in [-0.15, -0.1) is 13.2 Å². The second-order valence-corrected chi connectivity index (χ2v) is 3.52. The third-order valence-corrected chi connectivity index (χ3v) is 0.632. The molecule has 9 heteroatoms. The lowest BCUT2D eigenvalue weighted by molar-refractivity contribution is -0.271. The van der Waals surface area contributed by atoms with Crippen LogP contribution in [0.3, 0.4) is 0 Å². The van der Waals surface area contributed by atoms with Gasteiger partial charge in [0, 0.05) is 0 Å². The van der Waals surface area contributed by atoms with Crippen molar-refractivity contribution in [2.75, 3.05) is 21.1 Å². The van der Waals surface area contributed by atoms with Crippen molar-refractivity contribution in [2.24, 2.45) is 5.14 Å². The molecule has 0 aromatic carbocycles. The van der Waals surface area contributed by atoms with Gasteiger partial charge in [-0.05, 0) is 21.1 Å². The first-order valence-corrected chi connectivity index (χ1v) is 4.32. The minimum Gasteiger partial charge on any atom is -0.312 e. The molecule has 0 saturated carbocycles. The van der Waals surface area contributed by atoms with Gasteiger partial charge in [-0.2, -0.15) is 12.6 Å². The summed E-state index contributed by atoms with van der Waals surface area (Å²) in [6, 6.07) is 0. The minimum atomic E-state index is -5.23. The fraction of sp³-hybridized carbons (Fsp3) is 1.00. The van der Waals surface area contributed by atoms with E-state index in [0.29, 0.717) is 0 Å². The van der Waals surface area contributed by atoms with E-state index in [1.54, 1.807) is 0 Å². The zero-order valence-corrected chi connectivity index (χ0v) is 8.11. The van der Waals surface area contributed by atoms with E-state index in [1.807, 2.05) is 26.0 Å². The topological polar surface area (TPSA) is 72.6 Å². The van der Waals surface area contributed by atoms with Crippen LogP contribution in [-0.4, -0.2) is 40.8 Å². The van der Waals surface area contributed by atoms with Gasteiger partial charge >= 0.3 is 16.7 Å². The molecule has 0 rings (SSSR count).